The van der Waals surface area contributed by atoms with Crippen LogP contribution in [-0.2, 0) is 4.79 Å². The zero-order valence-electron chi connectivity index (χ0n) is 18.1. The standard InChI is InChI=1S/C24H32N4O2/c1-15(2)27-24(30)21-13-18(14-26-23(21)25)20-10-9-19(11-16(20)3)28-22(29)12-17-7-5-4-6-8-17/h9-11,13-15,17H,4-8,12H2,1-3H3,(H2,25,26)(H,27,30)(H,28,29). The van der Waals surface area contributed by atoms with Crippen LogP contribution in [0.15, 0.2) is 30.5 Å². The number of nitrogen functional groups attached to an aromatic ring is 1. The summed E-state index contributed by atoms with van der Waals surface area (Å²) in [6.07, 6.45) is 8.34. The van der Waals surface area contributed by atoms with E-state index in [0.29, 0.717) is 17.9 Å². The fourth-order valence-electron chi connectivity index (χ4n) is 4.08. The highest BCUT2D eigenvalue weighted by molar-refractivity contribution is 5.99. The number of benzene rings is 1. The smallest absolute Gasteiger partial charge is 0.255 e. The van der Waals surface area contributed by atoms with E-state index < -0.39 is 0 Å². The van der Waals surface area contributed by atoms with Crippen molar-refractivity contribution in [2.24, 2.45) is 5.92 Å². The van der Waals surface area contributed by atoms with Crippen molar-refractivity contribution in [3.63, 3.8) is 0 Å². The van der Waals surface area contributed by atoms with Crippen LogP contribution in [-0.4, -0.2) is 22.8 Å². The summed E-state index contributed by atoms with van der Waals surface area (Å²) in [6.45, 7) is 5.78. The van der Waals surface area contributed by atoms with Crippen molar-refractivity contribution in [3.05, 3.63) is 41.6 Å². The van der Waals surface area contributed by atoms with Crippen LogP contribution >= 0.6 is 0 Å². The van der Waals surface area contributed by atoms with Crippen LogP contribution in [0.2, 0.25) is 0 Å². The monoisotopic (exact) mass is 408 g/mol. The van der Waals surface area contributed by atoms with Gasteiger partial charge in [-0.1, -0.05) is 25.3 Å². The Balaban J connectivity index is 1.73. The molecule has 3 rings (SSSR count). The Kier molecular flexibility index (Phi) is 7.08. The summed E-state index contributed by atoms with van der Waals surface area (Å²) in [4.78, 5) is 29.0. The average molecular weight is 409 g/mol. The zero-order valence-corrected chi connectivity index (χ0v) is 18.1. The van der Waals surface area contributed by atoms with Gasteiger partial charge in [0.25, 0.3) is 5.91 Å². The van der Waals surface area contributed by atoms with Gasteiger partial charge in [-0.3, -0.25) is 9.59 Å². The topological polar surface area (TPSA) is 97.1 Å². The largest absolute Gasteiger partial charge is 0.383 e. The number of nitrogens with two attached hydrogens (primary N) is 1. The minimum absolute atomic E-state index is 0.0128. The van der Waals surface area contributed by atoms with Crippen molar-refractivity contribution in [1.29, 1.82) is 0 Å². The molecule has 0 aliphatic heterocycles. The molecule has 1 aromatic carbocycles. The molecule has 0 spiro atoms. The third-order valence-electron chi connectivity index (χ3n) is 5.60. The maximum atomic E-state index is 12.4. The van der Waals surface area contributed by atoms with Crippen LogP contribution in [0, 0.1) is 12.8 Å². The Morgan fingerprint density at radius 1 is 1.17 bits per heavy atom. The number of rotatable bonds is 6. The molecule has 1 heterocycles. The molecule has 1 aliphatic carbocycles. The van der Waals surface area contributed by atoms with E-state index in [4.69, 9.17) is 5.73 Å². The van der Waals surface area contributed by atoms with Crippen LogP contribution in [0.4, 0.5) is 11.5 Å². The maximum absolute atomic E-state index is 12.4. The van der Waals surface area contributed by atoms with Gasteiger partial charge in [0.1, 0.15) is 5.82 Å². The lowest BCUT2D eigenvalue weighted by Gasteiger charge is -2.21. The summed E-state index contributed by atoms with van der Waals surface area (Å²) < 4.78 is 0. The lowest BCUT2D eigenvalue weighted by molar-refractivity contribution is -0.117. The first kappa shape index (κ1) is 21.8. The number of nitrogens with one attached hydrogen (secondary N) is 2. The van der Waals surface area contributed by atoms with Gasteiger partial charge in [0.2, 0.25) is 5.91 Å². The van der Waals surface area contributed by atoms with Gasteiger partial charge in [0.05, 0.1) is 5.56 Å². The van der Waals surface area contributed by atoms with E-state index >= 15 is 0 Å². The Morgan fingerprint density at radius 2 is 1.90 bits per heavy atom. The Labute approximate surface area is 178 Å². The molecule has 0 unspecified atom stereocenters. The first-order valence-electron chi connectivity index (χ1n) is 10.8. The number of pyridine rings is 1. The van der Waals surface area contributed by atoms with E-state index in [-0.39, 0.29) is 23.7 Å². The Bertz CT molecular complexity index is 917. The van der Waals surface area contributed by atoms with Crippen molar-refractivity contribution in [2.45, 2.75) is 65.3 Å². The third-order valence-corrected chi connectivity index (χ3v) is 5.60. The molecule has 0 saturated heterocycles. The summed E-state index contributed by atoms with van der Waals surface area (Å²) in [5.74, 6) is 0.563. The van der Waals surface area contributed by atoms with Gasteiger partial charge < -0.3 is 16.4 Å². The van der Waals surface area contributed by atoms with Crippen molar-refractivity contribution in [3.8, 4) is 11.1 Å². The molecule has 30 heavy (non-hydrogen) atoms. The Morgan fingerprint density at radius 3 is 2.57 bits per heavy atom. The Hall–Kier alpha value is -2.89. The van der Waals surface area contributed by atoms with E-state index in [1.807, 2.05) is 39.0 Å². The summed E-state index contributed by atoms with van der Waals surface area (Å²) >= 11 is 0. The molecule has 6 nitrogen and oxygen atoms in total. The van der Waals surface area contributed by atoms with Gasteiger partial charge >= 0.3 is 0 Å². The second-order valence-corrected chi connectivity index (χ2v) is 8.57. The fraction of sp³-hybridized carbons (Fsp3) is 0.458. The molecular formula is C24H32N4O2. The molecule has 2 aromatic rings. The molecular weight excluding hydrogens is 376 g/mol. The van der Waals surface area contributed by atoms with Crippen molar-refractivity contribution in [2.75, 3.05) is 11.1 Å². The fourth-order valence-corrected chi connectivity index (χ4v) is 4.08. The number of hydrogen-bond acceptors (Lipinski definition) is 4. The lowest BCUT2D eigenvalue weighted by atomic mass is 9.87. The SMILES string of the molecule is Cc1cc(NC(=O)CC2CCCCC2)ccc1-c1cnc(N)c(C(=O)NC(C)C)c1. The van der Waals surface area contributed by atoms with Gasteiger partial charge in [-0.25, -0.2) is 4.98 Å². The molecule has 4 N–H and O–H groups in total. The second-order valence-electron chi connectivity index (χ2n) is 8.57. The molecule has 0 atom stereocenters. The molecule has 1 aromatic heterocycles. The predicted octanol–water partition coefficient (Wildman–Crippen LogP) is 4.69. The normalized spacial score (nSPS) is 14.5. The van der Waals surface area contributed by atoms with E-state index in [0.717, 1.165) is 35.2 Å². The van der Waals surface area contributed by atoms with Gasteiger partial charge in [-0.05, 0) is 68.9 Å². The zero-order chi connectivity index (χ0) is 21.7. The van der Waals surface area contributed by atoms with Crippen LogP contribution in [0.1, 0.15) is 68.3 Å². The number of hydrogen-bond donors (Lipinski definition) is 3. The van der Waals surface area contributed by atoms with Crippen LogP contribution in [0.5, 0.6) is 0 Å². The second kappa shape index (κ2) is 9.74. The number of nitrogens with zero attached hydrogens (tertiary/aromatic N) is 1. The van der Waals surface area contributed by atoms with Crippen molar-refractivity contribution in [1.82, 2.24) is 10.3 Å². The highest BCUT2D eigenvalue weighted by Gasteiger charge is 2.18. The average Bonchev–Trinajstić information content (AvgIpc) is 2.69. The van der Waals surface area contributed by atoms with Crippen LogP contribution in [0.25, 0.3) is 11.1 Å². The molecule has 1 fully saturated rings. The maximum Gasteiger partial charge on any atom is 0.255 e. The number of amides is 2. The lowest BCUT2D eigenvalue weighted by Crippen LogP contribution is -2.30. The summed E-state index contributed by atoms with van der Waals surface area (Å²) in [5.41, 5.74) is 9.83. The van der Waals surface area contributed by atoms with E-state index in [1.54, 1.807) is 12.3 Å². The molecule has 0 radical (unpaired) electrons. The first-order chi connectivity index (χ1) is 14.3. The quantitative estimate of drug-likeness (QED) is 0.646. The van der Waals surface area contributed by atoms with E-state index in [2.05, 4.69) is 15.6 Å². The minimum atomic E-state index is -0.235. The molecule has 1 aliphatic rings. The van der Waals surface area contributed by atoms with Crippen LogP contribution < -0.4 is 16.4 Å². The van der Waals surface area contributed by atoms with Crippen molar-refractivity contribution >= 4 is 23.3 Å². The number of anilines is 2. The predicted molar refractivity (Wildman–Crippen MR) is 121 cm³/mol. The summed E-state index contributed by atoms with van der Waals surface area (Å²) in [6, 6.07) is 7.58. The first-order valence-corrected chi connectivity index (χ1v) is 10.8. The third kappa shape index (κ3) is 5.59. The van der Waals surface area contributed by atoms with Gasteiger partial charge in [-0.2, -0.15) is 0 Å². The number of carbonyl (C=O) groups is 2. The van der Waals surface area contributed by atoms with Crippen LogP contribution in [0.3, 0.4) is 0 Å². The van der Waals surface area contributed by atoms with E-state index in [1.165, 1.54) is 19.3 Å². The van der Waals surface area contributed by atoms with Gasteiger partial charge in [0.15, 0.2) is 0 Å². The highest BCUT2D eigenvalue weighted by Crippen LogP contribution is 2.29. The number of aromatic nitrogens is 1. The van der Waals surface area contributed by atoms with Gasteiger partial charge in [0, 0.05) is 29.9 Å². The summed E-state index contributed by atoms with van der Waals surface area (Å²) in [7, 11) is 0. The number of carbonyl (C=O) groups excluding carboxylic acids is 2. The highest BCUT2D eigenvalue weighted by atomic mass is 16.2. The molecule has 1 saturated carbocycles. The molecule has 2 amide bonds. The molecule has 6 heteroatoms. The summed E-state index contributed by atoms with van der Waals surface area (Å²) in [5, 5.41) is 5.88. The minimum Gasteiger partial charge on any atom is -0.383 e. The van der Waals surface area contributed by atoms with E-state index in [9.17, 15) is 9.59 Å². The molecule has 0 bridgehead atoms. The number of aryl methyl sites for hydroxylation is 1. The molecule has 160 valence electrons. The van der Waals surface area contributed by atoms with Crippen molar-refractivity contribution < 1.29 is 9.59 Å². The van der Waals surface area contributed by atoms with Gasteiger partial charge in [-0.15, -0.1) is 0 Å².